The van der Waals surface area contributed by atoms with Crippen LogP contribution in [0.4, 0.5) is 0 Å². The van der Waals surface area contributed by atoms with Crippen LogP contribution in [0.5, 0.6) is 0 Å². The Morgan fingerprint density at radius 3 is 1.33 bits per heavy atom. The third-order valence-corrected chi connectivity index (χ3v) is 9.06. The summed E-state index contributed by atoms with van der Waals surface area (Å²) >= 11 is 0. The molecule has 0 aromatic heterocycles. The van der Waals surface area contributed by atoms with E-state index >= 15 is 0 Å². The van der Waals surface area contributed by atoms with Gasteiger partial charge in [-0.2, -0.15) is 0 Å². The first-order valence-corrected chi connectivity index (χ1v) is 10.7. The van der Waals surface area contributed by atoms with Crippen LogP contribution >= 0.6 is 7.26 Å². The van der Waals surface area contributed by atoms with Gasteiger partial charge in [0.2, 0.25) is 0 Å². The number of hydrogen-bond donors (Lipinski definition) is 1. The highest BCUT2D eigenvalue weighted by atomic mass is 31.2. The molecule has 0 fully saturated rings. The molecular formula is C16H36OP+. The highest BCUT2D eigenvalue weighted by Gasteiger charge is 2.34. The maximum atomic E-state index is 9.00. The molecule has 0 spiro atoms. The molecule has 2 heteroatoms. The second kappa shape index (κ2) is 12.4. The van der Waals surface area contributed by atoms with E-state index in [9.17, 15) is 0 Å². The van der Waals surface area contributed by atoms with E-state index in [1.54, 1.807) is 0 Å². The Hall–Kier alpha value is 0.390. The summed E-state index contributed by atoms with van der Waals surface area (Å²) < 4.78 is 0. The fourth-order valence-electron chi connectivity index (χ4n) is 2.71. The predicted octanol–water partition coefficient (Wildman–Crippen LogP) is 5.18. The van der Waals surface area contributed by atoms with Crippen LogP contribution in [0.1, 0.15) is 72.1 Å². The van der Waals surface area contributed by atoms with Gasteiger partial charge in [0.1, 0.15) is 0 Å². The van der Waals surface area contributed by atoms with Gasteiger partial charge >= 0.3 is 0 Å². The first-order chi connectivity index (χ1) is 8.74. The van der Waals surface area contributed by atoms with Crippen molar-refractivity contribution in [2.24, 2.45) is 0 Å². The van der Waals surface area contributed by atoms with Crippen molar-refractivity contribution in [1.29, 1.82) is 0 Å². The SMILES string of the molecule is CCCC[P+](CCCC)(CCCC)CCCCO. The summed E-state index contributed by atoms with van der Waals surface area (Å²) in [5.41, 5.74) is 0. The number of hydrogen-bond acceptors (Lipinski definition) is 1. The quantitative estimate of drug-likeness (QED) is 0.363. The first-order valence-electron chi connectivity index (χ1n) is 8.20. The Kier molecular flexibility index (Phi) is 12.7. The second-order valence-electron chi connectivity index (χ2n) is 5.73. The van der Waals surface area contributed by atoms with Crippen molar-refractivity contribution >= 4 is 7.26 Å². The molecule has 0 aliphatic carbocycles. The number of aliphatic hydroxyl groups excluding tert-OH is 1. The maximum Gasteiger partial charge on any atom is 0.0595 e. The molecule has 0 radical (unpaired) electrons. The summed E-state index contributed by atoms with van der Waals surface area (Å²) in [4.78, 5) is 0. The van der Waals surface area contributed by atoms with Gasteiger partial charge in [-0.3, -0.25) is 0 Å². The minimum Gasteiger partial charge on any atom is -0.396 e. The van der Waals surface area contributed by atoms with Gasteiger partial charge in [0.05, 0.1) is 24.6 Å². The molecule has 110 valence electrons. The van der Waals surface area contributed by atoms with Crippen molar-refractivity contribution in [1.82, 2.24) is 0 Å². The molecule has 1 N–H and O–H groups in total. The Morgan fingerprint density at radius 2 is 1.00 bits per heavy atom. The van der Waals surface area contributed by atoms with Crippen LogP contribution in [0.2, 0.25) is 0 Å². The minimum absolute atomic E-state index is 0.384. The van der Waals surface area contributed by atoms with E-state index in [2.05, 4.69) is 20.8 Å². The van der Waals surface area contributed by atoms with Crippen molar-refractivity contribution < 1.29 is 5.11 Å². The summed E-state index contributed by atoms with van der Waals surface area (Å²) in [5.74, 6) is 0. The summed E-state index contributed by atoms with van der Waals surface area (Å²) in [6.07, 6.45) is 16.6. The van der Waals surface area contributed by atoms with Gasteiger partial charge in [0.25, 0.3) is 0 Å². The van der Waals surface area contributed by atoms with E-state index in [-0.39, 0.29) is 0 Å². The van der Waals surface area contributed by atoms with Crippen molar-refractivity contribution in [3.05, 3.63) is 0 Å². The Bertz CT molecular complexity index is 149. The summed E-state index contributed by atoms with van der Waals surface area (Å²) in [5, 5.41) is 9.00. The molecule has 0 saturated carbocycles. The highest BCUT2D eigenvalue weighted by Crippen LogP contribution is 2.61. The molecule has 0 aliphatic heterocycles. The van der Waals surface area contributed by atoms with Crippen molar-refractivity contribution in [3.63, 3.8) is 0 Å². The molecule has 1 nitrogen and oxygen atoms in total. The van der Waals surface area contributed by atoms with E-state index in [0.29, 0.717) is 6.61 Å². The molecule has 18 heavy (non-hydrogen) atoms. The van der Waals surface area contributed by atoms with Gasteiger partial charge in [-0.05, 0) is 32.1 Å². The first kappa shape index (κ1) is 18.4. The Balaban J connectivity index is 4.41. The number of unbranched alkanes of at least 4 members (excludes halogenated alkanes) is 4. The molecule has 0 saturated heterocycles. The average Bonchev–Trinajstić information content (AvgIpc) is 2.40. The zero-order valence-electron chi connectivity index (χ0n) is 13.1. The Labute approximate surface area is 116 Å². The zero-order valence-corrected chi connectivity index (χ0v) is 14.0. The summed E-state index contributed by atoms with van der Waals surface area (Å²) in [7, 11) is -0.687. The van der Waals surface area contributed by atoms with E-state index in [4.69, 9.17) is 5.11 Å². The maximum absolute atomic E-state index is 9.00. The lowest BCUT2D eigenvalue weighted by Crippen LogP contribution is -2.13. The normalized spacial score (nSPS) is 12.0. The smallest absolute Gasteiger partial charge is 0.0595 e. The molecule has 0 amide bonds. The monoisotopic (exact) mass is 275 g/mol. The van der Waals surface area contributed by atoms with Crippen LogP contribution in [0, 0.1) is 0 Å². The van der Waals surface area contributed by atoms with Crippen molar-refractivity contribution in [3.8, 4) is 0 Å². The van der Waals surface area contributed by atoms with Crippen molar-refractivity contribution in [2.45, 2.75) is 72.1 Å². The largest absolute Gasteiger partial charge is 0.396 e. The van der Waals surface area contributed by atoms with Crippen LogP contribution in [0.3, 0.4) is 0 Å². The van der Waals surface area contributed by atoms with Crippen molar-refractivity contribution in [2.75, 3.05) is 31.3 Å². The van der Waals surface area contributed by atoms with Crippen LogP contribution in [-0.2, 0) is 0 Å². The van der Waals surface area contributed by atoms with Gasteiger partial charge in [-0.25, -0.2) is 0 Å². The number of rotatable bonds is 13. The van der Waals surface area contributed by atoms with Crippen LogP contribution in [0.15, 0.2) is 0 Å². The molecule has 0 unspecified atom stereocenters. The summed E-state index contributed by atoms with van der Waals surface area (Å²) in [6, 6.07) is 0. The lowest BCUT2D eigenvalue weighted by molar-refractivity contribution is 0.287. The summed E-state index contributed by atoms with van der Waals surface area (Å²) in [6.45, 7) is 7.35. The lowest BCUT2D eigenvalue weighted by atomic mass is 10.4. The molecule has 0 rings (SSSR count). The standard InChI is InChI=1S/C16H36OP/c1-4-7-13-18(14-8-5-2,15-9-6-3)16-11-10-12-17/h17H,4-16H2,1-3H3/q+1. The average molecular weight is 275 g/mol. The van der Waals surface area contributed by atoms with Gasteiger partial charge < -0.3 is 5.11 Å². The van der Waals surface area contributed by atoms with Gasteiger partial charge in [-0.1, -0.05) is 40.0 Å². The van der Waals surface area contributed by atoms with Gasteiger partial charge in [0.15, 0.2) is 0 Å². The third kappa shape index (κ3) is 8.48. The molecule has 0 atom stereocenters. The molecular weight excluding hydrogens is 239 g/mol. The van der Waals surface area contributed by atoms with Gasteiger partial charge in [-0.15, -0.1) is 0 Å². The third-order valence-electron chi connectivity index (χ3n) is 4.00. The Morgan fingerprint density at radius 1 is 0.611 bits per heavy atom. The van der Waals surface area contributed by atoms with E-state index in [0.717, 1.165) is 6.42 Å². The fraction of sp³-hybridized carbons (Fsp3) is 1.00. The van der Waals surface area contributed by atoms with E-state index in [1.807, 2.05) is 0 Å². The molecule has 0 aliphatic rings. The molecule has 0 bridgehead atoms. The van der Waals surface area contributed by atoms with Crippen LogP contribution in [0.25, 0.3) is 0 Å². The second-order valence-corrected chi connectivity index (χ2v) is 10.2. The lowest BCUT2D eigenvalue weighted by Gasteiger charge is -2.28. The van der Waals surface area contributed by atoms with Crippen LogP contribution < -0.4 is 0 Å². The van der Waals surface area contributed by atoms with Gasteiger partial charge in [0, 0.05) is 13.9 Å². The topological polar surface area (TPSA) is 20.2 Å². The van der Waals surface area contributed by atoms with E-state index in [1.165, 1.54) is 69.6 Å². The highest BCUT2D eigenvalue weighted by molar-refractivity contribution is 7.75. The molecule has 0 aromatic rings. The van der Waals surface area contributed by atoms with Crippen LogP contribution in [-0.4, -0.2) is 36.4 Å². The molecule has 0 heterocycles. The minimum atomic E-state index is -0.687. The number of aliphatic hydroxyl groups is 1. The molecule has 0 aromatic carbocycles. The fourth-order valence-corrected chi connectivity index (χ4v) is 7.91. The zero-order chi connectivity index (χ0) is 13.7. The predicted molar refractivity (Wildman–Crippen MR) is 87.4 cm³/mol. The van der Waals surface area contributed by atoms with E-state index < -0.39 is 7.26 Å².